The van der Waals surface area contributed by atoms with Crippen LogP contribution in [0.5, 0.6) is 5.75 Å². The van der Waals surface area contributed by atoms with Crippen LogP contribution in [-0.2, 0) is 14.3 Å². The highest BCUT2D eigenvalue weighted by atomic mass is 16.6. The molecule has 0 aliphatic carbocycles. The molecule has 8 nitrogen and oxygen atoms in total. The molecule has 0 N–H and O–H groups in total. The maximum atomic E-state index is 12.1. The fourth-order valence-corrected chi connectivity index (χ4v) is 2.95. The van der Waals surface area contributed by atoms with E-state index in [1.807, 2.05) is 0 Å². The van der Waals surface area contributed by atoms with Gasteiger partial charge in [0.1, 0.15) is 5.75 Å². The van der Waals surface area contributed by atoms with Gasteiger partial charge in [-0.2, -0.15) is 0 Å². The Morgan fingerprint density at radius 1 is 1.16 bits per heavy atom. The molecule has 0 bridgehead atoms. The largest absolute Gasteiger partial charge is 0.482 e. The molecule has 0 radical (unpaired) electrons. The van der Waals surface area contributed by atoms with Crippen LogP contribution >= 0.6 is 0 Å². The zero-order chi connectivity index (χ0) is 18.4. The van der Waals surface area contributed by atoms with Gasteiger partial charge in [-0.15, -0.1) is 0 Å². The topological polar surface area (TPSA) is 99.0 Å². The molecule has 1 amide bonds. The first-order chi connectivity index (χ1) is 11.8. The van der Waals surface area contributed by atoms with Crippen LogP contribution < -0.4 is 4.74 Å². The number of nitrogens with zero attached hydrogens (tertiary/aromatic N) is 2. The van der Waals surface area contributed by atoms with Gasteiger partial charge in [0.25, 0.3) is 11.6 Å². The van der Waals surface area contributed by atoms with Gasteiger partial charge in [0.15, 0.2) is 13.2 Å². The van der Waals surface area contributed by atoms with E-state index < -0.39 is 10.9 Å². The molecule has 2 atom stereocenters. The fraction of sp³-hybridized carbons (Fsp3) is 0.529. The highest BCUT2D eigenvalue weighted by Gasteiger charge is 2.25. The van der Waals surface area contributed by atoms with Crippen molar-refractivity contribution in [1.29, 1.82) is 0 Å². The predicted octanol–water partition coefficient (Wildman–Crippen LogP) is 2.02. The highest BCUT2D eigenvalue weighted by molar-refractivity contribution is 5.81. The van der Waals surface area contributed by atoms with Crippen molar-refractivity contribution in [3.05, 3.63) is 34.4 Å². The summed E-state index contributed by atoms with van der Waals surface area (Å²) in [5.41, 5.74) is -0.0643. The van der Waals surface area contributed by atoms with Gasteiger partial charge in [-0.05, 0) is 30.4 Å². The molecule has 25 heavy (non-hydrogen) atoms. The standard InChI is InChI=1S/C17H22N2O6/c1-12-7-13(2)9-18(8-12)16(20)10-25-17(21)11-24-15-5-3-14(4-6-15)19(22)23/h3-6,12-13H,7-11H2,1-2H3/t12-,13-/m1/s1. The lowest BCUT2D eigenvalue weighted by molar-refractivity contribution is -0.384. The predicted molar refractivity (Wildman–Crippen MR) is 89.1 cm³/mol. The number of non-ortho nitro benzene ring substituents is 1. The molecular weight excluding hydrogens is 328 g/mol. The number of esters is 1. The molecule has 1 aliphatic rings. The quantitative estimate of drug-likeness (QED) is 0.442. The Balaban J connectivity index is 1.73. The minimum Gasteiger partial charge on any atom is -0.482 e. The molecule has 1 heterocycles. The summed E-state index contributed by atoms with van der Waals surface area (Å²) in [4.78, 5) is 35.6. The smallest absolute Gasteiger partial charge is 0.344 e. The molecule has 1 aromatic rings. The first-order valence-corrected chi connectivity index (χ1v) is 8.15. The second-order valence-corrected chi connectivity index (χ2v) is 6.45. The number of benzene rings is 1. The lowest BCUT2D eigenvalue weighted by Crippen LogP contribution is -2.44. The normalized spacial score (nSPS) is 20.0. The summed E-state index contributed by atoms with van der Waals surface area (Å²) in [7, 11) is 0. The SMILES string of the molecule is C[C@@H]1C[C@@H](C)CN(C(=O)COC(=O)COc2ccc([N+](=O)[O-])cc2)C1. The van der Waals surface area contributed by atoms with Crippen molar-refractivity contribution in [3.8, 4) is 5.75 Å². The number of piperidine rings is 1. The average Bonchev–Trinajstić information content (AvgIpc) is 2.57. The molecule has 0 spiro atoms. The molecule has 8 heteroatoms. The number of carbonyl (C=O) groups is 2. The number of amides is 1. The number of nitro benzene ring substituents is 1. The second kappa shape index (κ2) is 8.46. The average molecular weight is 350 g/mol. The van der Waals surface area contributed by atoms with Crippen LogP contribution in [0.3, 0.4) is 0 Å². The van der Waals surface area contributed by atoms with Crippen LogP contribution in [0.25, 0.3) is 0 Å². The zero-order valence-electron chi connectivity index (χ0n) is 14.3. The lowest BCUT2D eigenvalue weighted by Gasteiger charge is -2.34. The molecule has 0 aromatic heterocycles. The van der Waals surface area contributed by atoms with E-state index in [0.29, 0.717) is 30.7 Å². The van der Waals surface area contributed by atoms with E-state index >= 15 is 0 Å². The van der Waals surface area contributed by atoms with E-state index in [1.165, 1.54) is 24.3 Å². The molecule has 1 aliphatic heterocycles. The number of hydrogen-bond donors (Lipinski definition) is 0. The summed E-state index contributed by atoms with van der Waals surface area (Å²) < 4.78 is 10.1. The van der Waals surface area contributed by atoms with E-state index in [2.05, 4.69) is 13.8 Å². The van der Waals surface area contributed by atoms with Crippen molar-refractivity contribution in [2.24, 2.45) is 11.8 Å². The molecule has 1 aromatic carbocycles. The maximum Gasteiger partial charge on any atom is 0.344 e. The second-order valence-electron chi connectivity index (χ2n) is 6.45. The third kappa shape index (κ3) is 5.74. The van der Waals surface area contributed by atoms with E-state index in [9.17, 15) is 19.7 Å². The fourth-order valence-electron chi connectivity index (χ4n) is 2.95. The van der Waals surface area contributed by atoms with E-state index in [1.54, 1.807) is 4.90 Å². The Morgan fingerprint density at radius 3 is 2.32 bits per heavy atom. The molecule has 136 valence electrons. The van der Waals surface area contributed by atoms with Crippen LogP contribution in [0.2, 0.25) is 0 Å². The Kier molecular flexibility index (Phi) is 6.32. The van der Waals surface area contributed by atoms with Crippen molar-refractivity contribution >= 4 is 17.6 Å². The summed E-state index contributed by atoms with van der Waals surface area (Å²) in [6.45, 7) is 4.89. The Labute approximate surface area is 145 Å². The monoisotopic (exact) mass is 350 g/mol. The van der Waals surface area contributed by atoms with Crippen LogP contribution in [0, 0.1) is 22.0 Å². The molecule has 1 saturated heterocycles. The number of nitro groups is 1. The number of rotatable bonds is 6. The van der Waals surface area contributed by atoms with Gasteiger partial charge in [-0.1, -0.05) is 13.8 Å². The summed E-state index contributed by atoms with van der Waals surface area (Å²) >= 11 is 0. The van der Waals surface area contributed by atoms with Crippen LogP contribution in [0.15, 0.2) is 24.3 Å². The van der Waals surface area contributed by atoms with E-state index in [0.717, 1.165) is 6.42 Å². The van der Waals surface area contributed by atoms with Gasteiger partial charge in [-0.3, -0.25) is 14.9 Å². The zero-order valence-corrected chi connectivity index (χ0v) is 14.3. The van der Waals surface area contributed by atoms with Crippen molar-refractivity contribution in [1.82, 2.24) is 4.90 Å². The highest BCUT2D eigenvalue weighted by Crippen LogP contribution is 2.21. The molecular formula is C17H22N2O6. The Morgan fingerprint density at radius 2 is 1.76 bits per heavy atom. The minimum atomic E-state index is -0.662. The summed E-state index contributed by atoms with van der Waals surface area (Å²) in [6, 6.07) is 5.35. The Bertz CT molecular complexity index is 621. The van der Waals surface area contributed by atoms with Crippen LogP contribution in [0.4, 0.5) is 5.69 Å². The number of ether oxygens (including phenoxy) is 2. The molecule has 0 unspecified atom stereocenters. The summed E-state index contributed by atoms with van der Waals surface area (Å²) in [6.07, 6.45) is 1.09. The molecule has 1 fully saturated rings. The number of carbonyl (C=O) groups excluding carboxylic acids is 2. The van der Waals surface area contributed by atoms with Crippen molar-refractivity contribution in [3.63, 3.8) is 0 Å². The van der Waals surface area contributed by atoms with Gasteiger partial charge >= 0.3 is 5.97 Å². The van der Waals surface area contributed by atoms with E-state index in [-0.39, 0.29) is 24.8 Å². The van der Waals surface area contributed by atoms with Gasteiger partial charge in [0, 0.05) is 25.2 Å². The van der Waals surface area contributed by atoms with Crippen LogP contribution in [-0.4, -0.2) is 48.0 Å². The first kappa shape index (κ1) is 18.7. The summed E-state index contributed by atoms with van der Waals surface area (Å²) in [5, 5.41) is 10.6. The minimum absolute atomic E-state index is 0.0643. The van der Waals surface area contributed by atoms with E-state index in [4.69, 9.17) is 9.47 Å². The number of likely N-dealkylation sites (tertiary alicyclic amines) is 1. The number of hydrogen-bond acceptors (Lipinski definition) is 6. The molecule has 2 rings (SSSR count). The van der Waals surface area contributed by atoms with Gasteiger partial charge < -0.3 is 14.4 Å². The molecule has 0 saturated carbocycles. The van der Waals surface area contributed by atoms with Gasteiger partial charge in [0.05, 0.1) is 4.92 Å². The lowest BCUT2D eigenvalue weighted by atomic mass is 9.92. The third-order valence-electron chi connectivity index (χ3n) is 3.98. The van der Waals surface area contributed by atoms with Gasteiger partial charge in [-0.25, -0.2) is 4.79 Å². The third-order valence-corrected chi connectivity index (χ3v) is 3.98. The first-order valence-electron chi connectivity index (χ1n) is 8.15. The van der Waals surface area contributed by atoms with Crippen molar-refractivity contribution in [2.75, 3.05) is 26.3 Å². The van der Waals surface area contributed by atoms with Crippen molar-refractivity contribution in [2.45, 2.75) is 20.3 Å². The maximum absolute atomic E-state index is 12.1. The Hall–Kier alpha value is -2.64. The van der Waals surface area contributed by atoms with Crippen molar-refractivity contribution < 1.29 is 24.0 Å². The van der Waals surface area contributed by atoms with Crippen LogP contribution in [0.1, 0.15) is 20.3 Å². The summed E-state index contributed by atoms with van der Waals surface area (Å²) in [5.74, 6) is 0.321. The van der Waals surface area contributed by atoms with Gasteiger partial charge in [0.2, 0.25) is 0 Å².